The van der Waals surface area contributed by atoms with Crippen LogP contribution < -0.4 is 5.32 Å². The van der Waals surface area contributed by atoms with E-state index < -0.39 is 40.7 Å². The zero-order valence-electron chi connectivity index (χ0n) is 10.9. The Hall–Kier alpha value is -1.72. The molecule has 114 valence electrons. The molecule has 0 saturated carbocycles. The fourth-order valence-electron chi connectivity index (χ4n) is 2.41. The number of nitriles is 1. The molecular weight excluding hydrogens is 293 g/mol. The van der Waals surface area contributed by atoms with Crippen molar-refractivity contribution in [2.24, 2.45) is 0 Å². The number of hydrogen-bond donors (Lipinski definition) is 1. The van der Waals surface area contributed by atoms with Gasteiger partial charge in [0.2, 0.25) is 5.82 Å². The number of rotatable bonds is 3. The lowest BCUT2D eigenvalue weighted by molar-refractivity contribution is 0.166. The molecule has 1 atom stereocenters. The third kappa shape index (κ3) is 2.84. The molecular formula is C13H12F5N3. The van der Waals surface area contributed by atoms with Crippen LogP contribution >= 0.6 is 0 Å². The van der Waals surface area contributed by atoms with Crippen LogP contribution in [0.15, 0.2) is 0 Å². The highest BCUT2D eigenvalue weighted by molar-refractivity contribution is 5.28. The highest BCUT2D eigenvalue weighted by Gasteiger charge is 2.33. The van der Waals surface area contributed by atoms with E-state index in [1.807, 2.05) is 0 Å². The Bertz CT molecular complexity index is 549. The van der Waals surface area contributed by atoms with Crippen LogP contribution in [0.2, 0.25) is 0 Å². The number of hydrogen-bond acceptors (Lipinski definition) is 3. The second-order valence-electron chi connectivity index (χ2n) is 4.65. The molecule has 0 bridgehead atoms. The molecule has 0 radical (unpaired) electrons. The molecule has 1 saturated heterocycles. The van der Waals surface area contributed by atoms with E-state index in [9.17, 15) is 22.0 Å². The molecule has 3 nitrogen and oxygen atoms in total. The lowest BCUT2D eigenvalue weighted by Gasteiger charge is -2.34. The van der Waals surface area contributed by atoms with Gasteiger partial charge in [0.25, 0.3) is 0 Å². The van der Waals surface area contributed by atoms with Gasteiger partial charge in [0, 0.05) is 31.7 Å². The highest BCUT2D eigenvalue weighted by atomic mass is 19.2. The quantitative estimate of drug-likeness (QED) is 0.529. The molecule has 1 heterocycles. The lowest BCUT2D eigenvalue weighted by atomic mass is 9.99. The molecule has 0 amide bonds. The summed E-state index contributed by atoms with van der Waals surface area (Å²) in [6, 6.07) is 0.572. The topological polar surface area (TPSA) is 39.1 Å². The summed E-state index contributed by atoms with van der Waals surface area (Å²) >= 11 is 0. The maximum Gasteiger partial charge on any atom is 0.200 e. The molecule has 1 aliphatic rings. The van der Waals surface area contributed by atoms with Crippen LogP contribution in [0, 0.1) is 40.4 Å². The number of nitrogens with one attached hydrogen (secondary N) is 1. The first-order chi connectivity index (χ1) is 9.99. The Balaban J connectivity index is 2.52. The maximum absolute atomic E-state index is 13.9. The van der Waals surface area contributed by atoms with Crippen LogP contribution in [0.4, 0.5) is 22.0 Å². The predicted molar refractivity (Wildman–Crippen MR) is 63.6 cm³/mol. The van der Waals surface area contributed by atoms with Crippen molar-refractivity contribution in [3.63, 3.8) is 0 Å². The predicted octanol–water partition coefficient (Wildman–Crippen LogP) is 2.24. The summed E-state index contributed by atoms with van der Waals surface area (Å²) in [6.45, 7) is 1.73. The van der Waals surface area contributed by atoms with Crippen LogP contribution in [0.25, 0.3) is 0 Å². The monoisotopic (exact) mass is 305 g/mol. The number of piperazine rings is 1. The van der Waals surface area contributed by atoms with Crippen molar-refractivity contribution in [3.8, 4) is 6.07 Å². The number of halogens is 5. The van der Waals surface area contributed by atoms with Crippen molar-refractivity contribution in [3.05, 3.63) is 34.6 Å². The average Bonchev–Trinajstić information content (AvgIpc) is 2.51. The standard InChI is InChI=1S/C13H12F5N3/c14-9-8(10(15)12(17)13(18)11(9)16)7(1-2-19)21-5-3-20-4-6-21/h7,20H,1,3-6H2/t7-/m1/s1. The summed E-state index contributed by atoms with van der Waals surface area (Å²) in [5.41, 5.74) is -0.935. The van der Waals surface area contributed by atoms with Crippen LogP contribution in [-0.2, 0) is 0 Å². The van der Waals surface area contributed by atoms with E-state index in [1.165, 1.54) is 4.90 Å². The van der Waals surface area contributed by atoms with Gasteiger partial charge in [-0.15, -0.1) is 0 Å². The molecule has 0 unspecified atom stereocenters. The minimum atomic E-state index is -2.19. The van der Waals surface area contributed by atoms with E-state index >= 15 is 0 Å². The molecule has 1 aliphatic heterocycles. The van der Waals surface area contributed by atoms with E-state index in [4.69, 9.17) is 5.26 Å². The van der Waals surface area contributed by atoms with Crippen LogP contribution in [0.1, 0.15) is 18.0 Å². The second kappa shape index (κ2) is 6.37. The average molecular weight is 305 g/mol. The first kappa shape index (κ1) is 15.7. The van der Waals surface area contributed by atoms with Crippen molar-refractivity contribution in [2.75, 3.05) is 26.2 Å². The van der Waals surface area contributed by atoms with Crippen LogP contribution in [0.3, 0.4) is 0 Å². The zero-order valence-corrected chi connectivity index (χ0v) is 10.9. The van der Waals surface area contributed by atoms with Crippen molar-refractivity contribution in [1.82, 2.24) is 10.2 Å². The molecule has 1 aromatic carbocycles. The van der Waals surface area contributed by atoms with Gasteiger partial charge in [-0.1, -0.05) is 0 Å². The van der Waals surface area contributed by atoms with Gasteiger partial charge < -0.3 is 5.32 Å². The van der Waals surface area contributed by atoms with E-state index in [0.717, 1.165) is 0 Å². The minimum absolute atomic E-state index is 0.353. The zero-order chi connectivity index (χ0) is 15.6. The smallest absolute Gasteiger partial charge is 0.200 e. The molecule has 0 aromatic heterocycles. The van der Waals surface area contributed by atoms with E-state index in [0.29, 0.717) is 26.2 Å². The first-order valence-electron chi connectivity index (χ1n) is 6.32. The maximum atomic E-state index is 13.9. The minimum Gasteiger partial charge on any atom is -0.314 e. The van der Waals surface area contributed by atoms with Crippen molar-refractivity contribution in [2.45, 2.75) is 12.5 Å². The molecule has 0 aliphatic carbocycles. The molecule has 1 aromatic rings. The lowest BCUT2D eigenvalue weighted by Crippen LogP contribution is -2.45. The Morgan fingerprint density at radius 2 is 1.43 bits per heavy atom. The van der Waals surface area contributed by atoms with Gasteiger partial charge in [-0.2, -0.15) is 5.26 Å². The molecule has 21 heavy (non-hydrogen) atoms. The highest BCUT2D eigenvalue weighted by Crippen LogP contribution is 2.33. The van der Waals surface area contributed by atoms with Gasteiger partial charge in [-0.3, -0.25) is 4.90 Å². The number of nitrogens with zero attached hydrogens (tertiary/aromatic N) is 2. The van der Waals surface area contributed by atoms with Crippen LogP contribution in [-0.4, -0.2) is 31.1 Å². The summed E-state index contributed by atoms with van der Waals surface area (Å²) in [5.74, 6) is -9.90. The van der Waals surface area contributed by atoms with Gasteiger partial charge in [0.1, 0.15) is 0 Å². The molecule has 8 heteroatoms. The SMILES string of the molecule is N#CC[C@H](c1c(F)c(F)c(F)c(F)c1F)N1CCNCC1. The molecule has 0 spiro atoms. The Morgan fingerprint density at radius 3 is 1.90 bits per heavy atom. The van der Waals surface area contributed by atoms with E-state index in [2.05, 4.69) is 5.32 Å². The summed E-state index contributed by atoms with van der Waals surface area (Å²) in [5, 5.41) is 11.8. The Kier molecular flexibility index (Phi) is 4.75. The third-order valence-electron chi connectivity index (χ3n) is 3.45. The van der Waals surface area contributed by atoms with Gasteiger partial charge in [-0.25, -0.2) is 22.0 Å². The third-order valence-corrected chi connectivity index (χ3v) is 3.45. The van der Waals surface area contributed by atoms with Gasteiger partial charge in [0.15, 0.2) is 23.3 Å². The summed E-state index contributed by atoms with van der Waals surface area (Å²) < 4.78 is 67.4. The Morgan fingerprint density at radius 1 is 0.952 bits per heavy atom. The fourth-order valence-corrected chi connectivity index (χ4v) is 2.41. The fraction of sp³-hybridized carbons (Fsp3) is 0.462. The number of benzene rings is 1. The van der Waals surface area contributed by atoms with Gasteiger partial charge in [0.05, 0.1) is 18.5 Å². The summed E-state index contributed by atoms with van der Waals surface area (Å²) in [4.78, 5) is 1.54. The van der Waals surface area contributed by atoms with Crippen molar-refractivity contribution >= 4 is 0 Å². The normalized spacial score (nSPS) is 17.5. The van der Waals surface area contributed by atoms with E-state index in [-0.39, 0.29) is 6.42 Å². The van der Waals surface area contributed by atoms with Crippen molar-refractivity contribution in [1.29, 1.82) is 5.26 Å². The second-order valence-corrected chi connectivity index (χ2v) is 4.65. The Labute approximate surface area is 118 Å². The van der Waals surface area contributed by atoms with Crippen molar-refractivity contribution < 1.29 is 22.0 Å². The van der Waals surface area contributed by atoms with Gasteiger partial charge in [-0.05, 0) is 0 Å². The summed E-state index contributed by atoms with van der Waals surface area (Å²) in [6.07, 6.45) is -0.363. The largest absolute Gasteiger partial charge is 0.314 e. The molecule has 2 rings (SSSR count). The van der Waals surface area contributed by atoms with Crippen LogP contribution in [0.5, 0.6) is 0 Å². The van der Waals surface area contributed by atoms with E-state index in [1.54, 1.807) is 6.07 Å². The first-order valence-corrected chi connectivity index (χ1v) is 6.32. The molecule has 1 N–H and O–H groups in total. The summed E-state index contributed by atoms with van der Waals surface area (Å²) in [7, 11) is 0. The molecule has 1 fully saturated rings. The van der Waals surface area contributed by atoms with Gasteiger partial charge >= 0.3 is 0 Å².